The smallest absolute Gasteiger partial charge is 0.261 e. The van der Waals surface area contributed by atoms with Crippen molar-refractivity contribution in [3.8, 4) is 5.75 Å². The van der Waals surface area contributed by atoms with Crippen LogP contribution in [0.15, 0.2) is 17.0 Å². The summed E-state index contributed by atoms with van der Waals surface area (Å²) in [7, 11) is 5.81. The van der Waals surface area contributed by atoms with Gasteiger partial charge in [-0.2, -0.15) is 0 Å². The van der Waals surface area contributed by atoms with Crippen LogP contribution in [0.3, 0.4) is 0 Å². The Morgan fingerprint density at radius 1 is 1.29 bits per heavy atom. The summed E-state index contributed by atoms with van der Waals surface area (Å²) in [5, 5.41) is 0. The molecule has 0 spiro atoms. The molecule has 0 atom stereocenters. The van der Waals surface area contributed by atoms with Crippen LogP contribution in [-0.4, -0.2) is 40.6 Å². The molecule has 0 aliphatic rings. The van der Waals surface area contributed by atoms with Gasteiger partial charge in [0, 0.05) is 17.2 Å². The highest BCUT2D eigenvalue weighted by Crippen LogP contribution is 2.32. The van der Waals surface area contributed by atoms with Crippen molar-refractivity contribution in [3.63, 3.8) is 0 Å². The minimum absolute atomic E-state index is 0.0539. The van der Waals surface area contributed by atoms with E-state index in [0.717, 1.165) is 24.3 Å². The third-order valence-electron chi connectivity index (χ3n) is 3.20. The molecule has 0 amide bonds. The normalized spacial score (nSPS) is 12.2. The van der Waals surface area contributed by atoms with Crippen LogP contribution < -0.4 is 4.74 Å². The van der Waals surface area contributed by atoms with E-state index in [1.807, 2.05) is 34.9 Å². The predicted molar refractivity (Wildman–Crippen MR) is 87.0 cm³/mol. The van der Waals surface area contributed by atoms with E-state index in [-0.39, 0.29) is 10.8 Å². The van der Waals surface area contributed by atoms with Gasteiger partial charge >= 0.3 is 0 Å². The van der Waals surface area contributed by atoms with Gasteiger partial charge in [-0.25, -0.2) is 8.42 Å². The number of hydrogen-bond donors (Lipinski definition) is 0. The number of aryl methyl sites for hydroxylation is 1. The van der Waals surface area contributed by atoms with Crippen LogP contribution in [0.4, 0.5) is 0 Å². The Bertz CT molecular complexity index is 583. The molecule has 1 aromatic carbocycles. The van der Waals surface area contributed by atoms with E-state index in [9.17, 15) is 8.42 Å². The van der Waals surface area contributed by atoms with Gasteiger partial charge in [0.05, 0.1) is 11.5 Å². The number of benzene rings is 1. The fourth-order valence-corrected chi connectivity index (χ4v) is 3.35. The molecule has 21 heavy (non-hydrogen) atoms. The quantitative estimate of drug-likeness (QED) is 0.567. The third-order valence-corrected chi connectivity index (χ3v) is 4.58. The van der Waals surface area contributed by atoms with Gasteiger partial charge in [-0.05, 0) is 56.6 Å². The Balaban J connectivity index is 3.00. The molecule has 6 heteroatoms. The van der Waals surface area contributed by atoms with Crippen LogP contribution in [0.2, 0.25) is 0 Å². The summed E-state index contributed by atoms with van der Waals surface area (Å²) in [6.07, 6.45) is 0.916. The molecule has 1 rings (SSSR count). The van der Waals surface area contributed by atoms with E-state index in [1.165, 1.54) is 0 Å². The molecule has 0 saturated heterocycles. The molecule has 1 aromatic rings. The van der Waals surface area contributed by atoms with Crippen molar-refractivity contribution in [3.05, 3.63) is 23.3 Å². The lowest BCUT2D eigenvalue weighted by Crippen LogP contribution is -2.15. The first-order chi connectivity index (χ1) is 9.62. The van der Waals surface area contributed by atoms with E-state index in [4.69, 9.17) is 15.4 Å². The molecule has 0 unspecified atom stereocenters. The van der Waals surface area contributed by atoms with Crippen molar-refractivity contribution in [1.82, 2.24) is 4.90 Å². The van der Waals surface area contributed by atoms with Crippen LogP contribution in [0, 0.1) is 6.92 Å². The summed E-state index contributed by atoms with van der Waals surface area (Å²) in [6.45, 7) is 7.25. The first-order valence-corrected chi connectivity index (χ1v) is 9.30. The third kappa shape index (κ3) is 5.49. The largest absolute Gasteiger partial charge is 0.493 e. The summed E-state index contributed by atoms with van der Waals surface area (Å²) in [5.74, 6) is 0.778. The highest BCUT2D eigenvalue weighted by molar-refractivity contribution is 8.13. The Hall–Kier alpha value is -0.780. The number of nitrogens with zero attached hydrogens (tertiary/aromatic N) is 1. The Kier molecular flexibility index (Phi) is 6.50. The second-order valence-corrected chi connectivity index (χ2v) is 8.29. The van der Waals surface area contributed by atoms with Gasteiger partial charge in [0.1, 0.15) is 5.75 Å². The van der Waals surface area contributed by atoms with E-state index < -0.39 is 9.05 Å². The molecule has 120 valence electrons. The van der Waals surface area contributed by atoms with Gasteiger partial charge in [-0.1, -0.05) is 13.8 Å². The van der Waals surface area contributed by atoms with Crippen LogP contribution in [0.25, 0.3) is 0 Å². The topological polar surface area (TPSA) is 46.6 Å². The van der Waals surface area contributed by atoms with Gasteiger partial charge in [0.15, 0.2) is 0 Å². The van der Waals surface area contributed by atoms with Crippen molar-refractivity contribution >= 4 is 19.7 Å². The van der Waals surface area contributed by atoms with Crippen LogP contribution >= 0.6 is 10.7 Å². The first kappa shape index (κ1) is 18.3. The summed E-state index contributed by atoms with van der Waals surface area (Å²) in [4.78, 5) is 2.27. The van der Waals surface area contributed by atoms with E-state index in [2.05, 4.69) is 4.90 Å². The molecule has 0 aliphatic heterocycles. The predicted octanol–water partition coefficient (Wildman–Crippen LogP) is 3.38. The number of hydrogen-bond acceptors (Lipinski definition) is 4. The molecular weight excluding hydrogens is 310 g/mol. The molecule has 0 bridgehead atoms. The van der Waals surface area contributed by atoms with Crippen LogP contribution in [0.5, 0.6) is 5.75 Å². The summed E-state index contributed by atoms with van der Waals surface area (Å²) < 4.78 is 29.1. The SMILES string of the molecule is Cc1cc(S(=O)(=O)Cl)c(C(C)C)cc1OCCCN(C)C. The van der Waals surface area contributed by atoms with E-state index in [1.54, 1.807) is 12.1 Å². The second-order valence-electron chi connectivity index (χ2n) is 5.75. The summed E-state index contributed by atoms with van der Waals surface area (Å²) in [5.41, 5.74) is 1.47. The van der Waals surface area contributed by atoms with Crippen molar-refractivity contribution < 1.29 is 13.2 Å². The minimum Gasteiger partial charge on any atom is -0.493 e. The maximum atomic E-state index is 11.7. The lowest BCUT2D eigenvalue weighted by Gasteiger charge is -2.16. The van der Waals surface area contributed by atoms with Gasteiger partial charge in [0.2, 0.25) is 0 Å². The number of rotatable bonds is 7. The zero-order chi connectivity index (χ0) is 16.2. The molecule has 0 radical (unpaired) electrons. The lowest BCUT2D eigenvalue weighted by atomic mass is 10.0. The number of halogens is 1. The van der Waals surface area contributed by atoms with Crippen molar-refractivity contribution in [2.45, 2.75) is 38.0 Å². The summed E-state index contributed by atoms with van der Waals surface area (Å²) >= 11 is 0. The zero-order valence-electron chi connectivity index (χ0n) is 13.3. The zero-order valence-corrected chi connectivity index (χ0v) is 14.9. The Morgan fingerprint density at radius 2 is 1.90 bits per heavy atom. The van der Waals surface area contributed by atoms with Crippen molar-refractivity contribution in [1.29, 1.82) is 0 Å². The fraction of sp³-hybridized carbons (Fsp3) is 0.600. The van der Waals surface area contributed by atoms with E-state index >= 15 is 0 Å². The molecule has 0 saturated carbocycles. The number of ether oxygens (including phenoxy) is 1. The maximum absolute atomic E-state index is 11.7. The fourth-order valence-electron chi connectivity index (χ4n) is 2.06. The van der Waals surface area contributed by atoms with Gasteiger partial charge in [0.25, 0.3) is 9.05 Å². The average molecular weight is 334 g/mol. The summed E-state index contributed by atoms with van der Waals surface area (Å²) in [6, 6.07) is 3.39. The standard InChI is InChI=1S/C15H24ClNO3S/c1-11(2)13-10-14(20-8-6-7-17(4)5)12(3)9-15(13)21(16,18)19/h9-11H,6-8H2,1-5H3. The van der Waals surface area contributed by atoms with Crippen LogP contribution in [0.1, 0.15) is 37.3 Å². The molecule has 0 aliphatic carbocycles. The van der Waals surface area contributed by atoms with Crippen LogP contribution in [-0.2, 0) is 9.05 Å². The maximum Gasteiger partial charge on any atom is 0.261 e. The Labute approximate surface area is 132 Å². The van der Waals surface area contributed by atoms with Crippen molar-refractivity contribution in [2.24, 2.45) is 0 Å². The van der Waals surface area contributed by atoms with Gasteiger partial charge < -0.3 is 9.64 Å². The second kappa shape index (κ2) is 7.47. The molecule has 0 N–H and O–H groups in total. The Morgan fingerprint density at radius 3 is 2.38 bits per heavy atom. The van der Waals surface area contributed by atoms with Gasteiger partial charge in [-0.3, -0.25) is 0 Å². The molecular formula is C15H24ClNO3S. The molecule has 0 fully saturated rings. The van der Waals surface area contributed by atoms with E-state index in [0.29, 0.717) is 12.2 Å². The molecule has 0 heterocycles. The highest BCUT2D eigenvalue weighted by Gasteiger charge is 2.20. The average Bonchev–Trinajstić information content (AvgIpc) is 2.33. The highest BCUT2D eigenvalue weighted by atomic mass is 35.7. The molecule has 0 aromatic heterocycles. The first-order valence-electron chi connectivity index (χ1n) is 6.99. The monoisotopic (exact) mass is 333 g/mol. The lowest BCUT2D eigenvalue weighted by molar-refractivity contribution is 0.279. The van der Waals surface area contributed by atoms with Gasteiger partial charge in [-0.15, -0.1) is 0 Å². The van der Waals surface area contributed by atoms with Crippen molar-refractivity contribution in [2.75, 3.05) is 27.2 Å². The molecule has 4 nitrogen and oxygen atoms in total. The minimum atomic E-state index is -3.74.